The van der Waals surface area contributed by atoms with Crippen molar-refractivity contribution in [3.63, 3.8) is 0 Å². The van der Waals surface area contributed by atoms with Gasteiger partial charge in [0, 0.05) is 17.4 Å². The average Bonchev–Trinajstić information content (AvgIpc) is 2.90. The normalized spacial score (nSPS) is 17.3. The zero-order valence-electron chi connectivity index (χ0n) is 14.0. The molecule has 2 atom stereocenters. The first-order valence-corrected chi connectivity index (χ1v) is 8.40. The second kappa shape index (κ2) is 6.73. The van der Waals surface area contributed by atoms with E-state index in [0.717, 1.165) is 17.8 Å². The summed E-state index contributed by atoms with van der Waals surface area (Å²) in [6.45, 7) is 3.95. The number of anilines is 2. The average molecular weight is 345 g/mol. The molecule has 0 bridgehead atoms. The molecule has 4 nitrogen and oxygen atoms in total. The standard InChI is InChI=1S/C19H21ClN2O2/c1-12-10-14-6-4-5-7-17(14)22(12)19(23)13(2)21-15-8-9-18(24-3)16(20)11-15/h4-9,11-13,21H,10H2,1-3H3/t12-,13+/m0/s1. The molecule has 1 heterocycles. The van der Waals surface area contributed by atoms with Gasteiger partial charge in [0.05, 0.1) is 12.1 Å². The number of hydrogen-bond acceptors (Lipinski definition) is 3. The van der Waals surface area contributed by atoms with E-state index in [0.29, 0.717) is 10.8 Å². The van der Waals surface area contributed by atoms with Crippen molar-refractivity contribution >= 4 is 28.9 Å². The number of methoxy groups -OCH3 is 1. The summed E-state index contributed by atoms with van der Waals surface area (Å²) in [7, 11) is 1.58. The predicted molar refractivity (Wildman–Crippen MR) is 98.2 cm³/mol. The van der Waals surface area contributed by atoms with Crippen LogP contribution in [0.5, 0.6) is 5.75 Å². The fraction of sp³-hybridized carbons (Fsp3) is 0.316. The summed E-state index contributed by atoms with van der Waals surface area (Å²) >= 11 is 6.15. The van der Waals surface area contributed by atoms with Gasteiger partial charge in [-0.1, -0.05) is 29.8 Å². The van der Waals surface area contributed by atoms with Gasteiger partial charge in [0.1, 0.15) is 11.8 Å². The molecule has 1 amide bonds. The molecule has 1 aliphatic heterocycles. The lowest BCUT2D eigenvalue weighted by molar-refractivity contribution is -0.119. The first kappa shape index (κ1) is 16.7. The highest BCUT2D eigenvalue weighted by Gasteiger charge is 2.32. The molecule has 0 radical (unpaired) electrons. The molecule has 126 valence electrons. The van der Waals surface area contributed by atoms with E-state index < -0.39 is 0 Å². The van der Waals surface area contributed by atoms with Crippen LogP contribution in [0, 0.1) is 0 Å². The minimum Gasteiger partial charge on any atom is -0.495 e. The van der Waals surface area contributed by atoms with E-state index in [4.69, 9.17) is 16.3 Å². The van der Waals surface area contributed by atoms with Gasteiger partial charge < -0.3 is 15.0 Å². The zero-order chi connectivity index (χ0) is 17.3. The molecule has 0 fully saturated rings. The van der Waals surface area contributed by atoms with Gasteiger partial charge in [0.2, 0.25) is 5.91 Å². The van der Waals surface area contributed by atoms with Gasteiger partial charge in [-0.15, -0.1) is 0 Å². The number of benzene rings is 2. The molecule has 3 rings (SSSR count). The third kappa shape index (κ3) is 3.06. The molecule has 0 saturated heterocycles. The molecular weight excluding hydrogens is 324 g/mol. The van der Waals surface area contributed by atoms with E-state index in [2.05, 4.69) is 18.3 Å². The molecular formula is C19H21ClN2O2. The fourth-order valence-corrected chi connectivity index (χ4v) is 3.44. The smallest absolute Gasteiger partial charge is 0.249 e. The van der Waals surface area contributed by atoms with Crippen LogP contribution in [0.4, 0.5) is 11.4 Å². The van der Waals surface area contributed by atoms with Crippen LogP contribution < -0.4 is 15.0 Å². The molecule has 2 aromatic rings. The second-order valence-corrected chi connectivity index (χ2v) is 6.51. The van der Waals surface area contributed by atoms with Crippen LogP contribution in [0.15, 0.2) is 42.5 Å². The van der Waals surface area contributed by atoms with Gasteiger partial charge in [0.25, 0.3) is 0 Å². The van der Waals surface area contributed by atoms with Crippen LogP contribution in [0.1, 0.15) is 19.4 Å². The number of hydrogen-bond donors (Lipinski definition) is 1. The molecule has 1 N–H and O–H groups in total. The number of fused-ring (bicyclic) bond motifs is 1. The zero-order valence-corrected chi connectivity index (χ0v) is 14.8. The molecule has 2 aromatic carbocycles. The van der Waals surface area contributed by atoms with Crippen LogP contribution in [0.2, 0.25) is 5.02 Å². The van der Waals surface area contributed by atoms with Crippen molar-refractivity contribution < 1.29 is 9.53 Å². The van der Waals surface area contributed by atoms with Crippen molar-refractivity contribution in [2.24, 2.45) is 0 Å². The Bertz CT molecular complexity index is 763. The molecule has 0 aromatic heterocycles. The minimum atomic E-state index is -0.358. The lowest BCUT2D eigenvalue weighted by Crippen LogP contribution is -2.44. The Morgan fingerprint density at radius 3 is 2.79 bits per heavy atom. The number of halogens is 1. The van der Waals surface area contributed by atoms with Gasteiger partial charge in [-0.05, 0) is 50.1 Å². The molecule has 1 aliphatic rings. The fourth-order valence-electron chi connectivity index (χ4n) is 3.18. The monoisotopic (exact) mass is 344 g/mol. The number of nitrogens with zero attached hydrogens (tertiary/aromatic N) is 1. The summed E-state index contributed by atoms with van der Waals surface area (Å²) < 4.78 is 5.15. The third-order valence-electron chi connectivity index (χ3n) is 4.35. The highest BCUT2D eigenvalue weighted by Crippen LogP contribution is 2.33. The summed E-state index contributed by atoms with van der Waals surface area (Å²) in [6.07, 6.45) is 0.892. The quantitative estimate of drug-likeness (QED) is 0.906. The number of ether oxygens (including phenoxy) is 1. The Balaban J connectivity index is 1.77. The Morgan fingerprint density at radius 2 is 2.08 bits per heavy atom. The van der Waals surface area contributed by atoms with Crippen LogP contribution >= 0.6 is 11.6 Å². The largest absolute Gasteiger partial charge is 0.495 e. The van der Waals surface area contributed by atoms with E-state index >= 15 is 0 Å². The van der Waals surface area contributed by atoms with E-state index in [-0.39, 0.29) is 18.0 Å². The first-order chi connectivity index (χ1) is 11.5. The Morgan fingerprint density at radius 1 is 1.33 bits per heavy atom. The van der Waals surface area contributed by atoms with E-state index in [9.17, 15) is 4.79 Å². The van der Waals surface area contributed by atoms with E-state index in [1.165, 1.54) is 5.56 Å². The van der Waals surface area contributed by atoms with Crippen molar-refractivity contribution in [2.75, 3.05) is 17.3 Å². The highest BCUT2D eigenvalue weighted by molar-refractivity contribution is 6.32. The van der Waals surface area contributed by atoms with Gasteiger partial charge in [-0.2, -0.15) is 0 Å². The Hall–Kier alpha value is -2.20. The predicted octanol–water partition coefficient (Wildman–Crippen LogP) is 4.13. The molecule has 0 aliphatic carbocycles. The van der Waals surface area contributed by atoms with Crippen LogP contribution in [0.3, 0.4) is 0 Å². The Kier molecular flexibility index (Phi) is 4.67. The third-order valence-corrected chi connectivity index (χ3v) is 4.65. The number of nitrogens with one attached hydrogen (secondary N) is 1. The maximum Gasteiger partial charge on any atom is 0.249 e. The number of amides is 1. The topological polar surface area (TPSA) is 41.6 Å². The Labute approximate surface area is 147 Å². The minimum absolute atomic E-state index is 0.0550. The van der Waals surface area contributed by atoms with E-state index in [1.807, 2.05) is 36.1 Å². The van der Waals surface area contributed by atoms with Crippen molar-refractivity contribution in [1.82, 2.24) is 0 Å². The maximum atomic E-state index is 12.9. The molecule has 5 heteroatoms. The number of rotatable bonds is 4. The maximum absolute atomic E-state index is 12.9. The molecule has 24 heavy (non-hydrogen) atoms. The van der Waals surface area contributed by atoms with Gasteiger partial charge >= 0.3 is 0 Å². The highest BCUT2D eigenvalue weighted by atomic mass is 35.5. The van der Waals surface area contributed by atoms with Crippen LogP contribution in [-0.4, -0.2) is 25.1 Å². The number of para-hydroxylation sites is 1. The van der Waals surface area contributed by atoms with Gasteiger partial charge in [0.15, 0.2) is 0 Å². The van der Waals surface area contributed by atoms with Crippen molar-refractivity contribution in [2.45, 2.75) is 32.4 Å². The summed E-state index contributed by atoms with van der Waals surface area (Å²) in [4.78, 5) is 14.8. The van der Waals surface area contributed by atoms with Gasteiger partial charge in [-0.25, -0.2) is 0 Å². The second-order valence-electron chi connectivity index (χ2n) is 6.11. The van der Waals surface area contributed by atoms with Crippen molar-refractivity contribution in [3.8, 4) is 5.75 Å². The molecule has 0 unspecified atom stereocenters. The van der Waals surface area contributed by atoms with Crippen molar-refractivity contribution in [1.29, 1.82) is 0 Å². The lowest BCUT2D eigenvalue weighted by Gasteiger charge is -2.27. The first-order valence-electron chi connectivity index (χ1n) is 8.02. The molecule has 0 spiro atoms. The summed E-state index contributed by atoms with van der Waals surface area (Å²) in [5.74, 6) is 0.669. The molecule has 0 saturated carbocycles. The number of carbonyl (C=O) groups excluding carboxylic acids is 1. The van der Waals surface area contributed by atoms with E-state index in [1.54, 1.807) is 19.2 Å². The van der Waals surface area contributed by atoms with Crippen molar-refractivity contribution in [3.05, 3.63) is 53.1 Å². The lowest BCUT2D eigenvalue weighted by atomic mass is 10.1. The number of carbonyl (C=O) groups is 1. The summed E-state index contributed by atoms with van der Waals surface area (Å²) in [5, 5.41) is 3.75. The SMILES string of the molecule is COc1ccc(N[C@H](C)C(=O)N2c3ccccc3C[C@@H]2C)cc1Cl. The van der Waals surface area contributed by atoms with Crippen LogP contribution in [-0.2, 0) is 11.2 Å². The summed E-state index contributed by atoms with van der Waals surface area (Å²) in [5.41, 5.74) is 3.02. The summed E-state index contributed by atoms with van der Waals surface area (Å²) in [6, 6.07) is 13.3. The van der Waals surface area contributed by atoms with Crippen LogP contribution in [0.25, 0.3) is 0 Å². The van der Waals surface area contributed by atoms with Gasteiger partial charge in [-0.3, -0.25) is 4.79 Å².